The second-order valence-electron chi connectivity index (χ2n) is 4.48. The quantitative estimate of drug-likeness (QED) is 0.845. The number of carboxylic acid groups (broad SMARTS) is 1. The number of aromatic nitrogens is 3. The van der Waals surface area contributed by atoms with Gasteiger partial charge in [-0.05, 0) is 31.5 Å². The fourth-order valence-electron chi connectivity index (χ4n) is 1.81. The molecule has 1 aromatic heterocycles. The van der Waals surface area contributed by atoms with E-state index in [9.17, 15) is 9.18 Å². The van der Waals surface area contributed by atoms with E-state index in [1.54, 1.807) is 12.1 Å². The van der Waals surface area contributed by atoms with Gasteiger partial charge in [-0.1, -0.05) is 0 Å². The van der Waals surface area contributed by atoms with E-state index in [4.69, 9.17) is 5.11 Å². The maximum absolute atomic E-state index is 14.0. The van der Waals surface area contributed by atoms with Gasteiger partial charge in [-0.25, -0.2) is 14.1 Å². The minimum absolute atomic E-state index is 0.0530. The number of nitrogens with one attached hydrogen (secondary N) is 1. The summed E-state index contributed by atoms with van der Waals surface area (Å²) in [5.74, 6) is -1.27. The maximum atomic E-state index is 14.0. The number of carboxylic acids is 1. The van der Waals surface area contributed by atoms with Gasteiger partial charge < -0.3 is 10.4 Å². The SMILES string of the molecule is CC(CCC(=O)O)Nc1ccc(-n2cncn2)c(F)c1. The third kappa shape index (κ3) is 3.53. The van der Waals surface area contributed by atoms with Crippen LogP contribution in [0.25, 0.3) is 5.69 Å². The first-order valence-corrected chi connectivity index (χ1v) is 6.19. The molecule has 0 aliphatic rings. The number of aliphatic carboxylic acids is 1. The first kappa shape index (κ1) is 14.0. The number of benzene rings is 1. The van der Waals surface area contributed by atoms with Gasteiger partial charge in [0.15, 0.2) is 5.82 Å². The number of anilines is 1. The van der Waals surface area contributed by atoms with Crippen LogP contribution < -0.4 is 5.32 Å². The van der Waals surface area contributed by atoms with Crippen LogP contribution in [0, 0.1) is 5.82 Å². The lowest BCUT2D eigenvalue weighted by Gasteiger charge is -2.15. The predicted octanol–water partition coefficient (Wildman–Crippen LogP) is 2.07. The molecule has 1 atom stereocenters. The Morgan fingerprint density at radius 1 is 1.55 bits per heavy atom. The summed E-state index contributed by atoms with van der Waals surface area (Å²) in [7, 11) is 0. The van der Waals surface area contributed by atoms with Gasteiger partial charge in [-0.2, -0.15) is 5.10 Å². The van der Waals surface area contributed by atoms with Gasteiger partial charge in [0.25, 0.3) is 0 Å². The van der Waals surface area contributed by atoms with Crippen molar-refractivity contribution in [1.82, 2.24) is 14.8 Å². The molecule has 0 aliphatic carbocycles. The Morgan fingerprint density at radius 3 is 2.95 bits per heavy atom. The Labute approximate surface area is 115 Å². The number of carbonyl (C=O) groups is 1. The summed E-state index contributed by atoms with van der Waals surface area (Å²) < 4.78 is 15.3. The molecular formula is C13H15FN4O2. The second-order valence-corrected chi connectivity index (χ2v) is 4.48. The summed E-state index contributed by atoms with van der Waals surface area (Å²) in [6.07, 6.45) is 3.30. The van der Waals surface area contributed by atoms with E-state index in [0.29, 0.717) is 17.8 Å². The molecule has 0 saturated heterocycles. The van der Waals surface area contributed by atoms with Crippen LogP contribution >= 0.6 is 0 Å². The van der Waals surface area contributed by atoms with Crippen molar-refractivity contribution >= 4 is 11.7 Å². The van der Waals surface area contributed by atoms with Gasteiger partial charge in [0.05, 0.1) is 0 Å². The van der Waals surface area contributed by atoms with Crippen LogP contribution in [0.15, 0.2) is 30.9 Å². The van der Waals surface area contributed by atoms with Crippen molar-refractivity contribution < 1.29 is 14.3 Å². The fourth-order valence-corrected chi connectivity index (χ4v) is 1.81. The van der Waals surface area contributed by atoms with Crippen molar-refractivity contribution in [2.24, 2.45) is 0 Å². The lowest BCUT2D eigenvalue weighted by molar-refractivity contribution is -0.137. The van der Waals surface area contributed by atoms with Crippen LogP contribution in [0.4, 0.5) is 10.1 Å². The number of nitrogens with zero attached hydrogens (tertiary/aromatic N) is 3. The summed E-state index contributed by atoms with van der Waals surface area (Å²) in [6, 6.07) is 4.62. The highest BCUT2D eigenvalue weighted by Gasteiger charge is 2.09. The first-order chi connectivity index (χ1) is 9.56. The third-order valence-corrected chi connectivity index (χ3v) is 2.82. The summed E-state index contributed by atoms with van der Waals surface area (Å²) in [5, 5.41) is 15.5. The Kier molecular flexibility index (Phi) is 4.29. The molecule has 2 N–H and O–H groups in total. The van der Waals surface area contributed by atoms with E-state index in [-0.39, 0.29) is 12.5 Å². The molecule has 0 radical (unpaired) electrons. The van der Waals surface area contributed by atoms with E-state index >= 15 is 0 Å². The fraction of sp³-hybridized carbons (Fsp3) is 0.308. The Balaban J connectivity index is 2.04. The summed E-state index contributed by atoms with van der Waals surface area (Å²) in [6.45, 7) is 1.85. The molecule has 20 heavy (non-hydrogen) atoms. The summed E-state index contributed by atoms with van der Waals surface area (Å²) in [4.78, 5) is 14.2. The van der Waals surface area contributed by atoms with Gasteiger partial charge >= 0.3 is 5.97 Å². The molecule has 1 unspecified atom stereocenters. The van der Waals surface area contributed by atoms with Crippen molar-refractivity contribution in [2.45, 2.75) is 25.8 Å². The molecule has 0 aliphatic heterocycles. The van der Waals surface area contributed by atoms with Crippen molar-refractivity contribution in [3.63, 3.8) is 0 Å². The monoisotopic (exact) mass is 278 g/mol. The number of hydrogen-bond acceptors (Lipinski definition) is 4. The van der Waals surface area contributed by atoms with E-state index in [1.165, 1.54) is 23.4 Å². The van der Waals surface area contributed by atoms with Crippen molar-refractivity contribution in [3.8, 4) is 5.69 Å². The average Bonchev–Trinajstić information content (AvgIpc) is 2.90. The molecule has 0 bridgehead atoms. The molecule has 0 fully saturated rings. The van der Waals surface area contributed by atoms with Gasteiger partial charge in [0.1, 0.15) is 18.3 Å². The van der Waals surface area contributed by atoms with E-state index < -0.39 is 11.8 Å². The molecule has 2 aromatic rings. The molecular weight excluding hydrogens is 263 g/mol. The van der Waals surface area contributed by atoms with Crippen molar-refractivity contribution in [3.05, 3.63) is 36.7 Å². The minimum Gasteiger partial charge on any atom is -0.481 e. The number of halogens is 1. The smallest absolute Gasteiger partial charge is 0.303 e. The highest BCUT2D eigenvalue weighted by molar-refractivity contribution is 5.66. The number of hydrogen-bond donors (Lipinski definition) is 2. The van der Waals surface area contributed by atoms with Crippen molar-refractivity contribution in [2.75, 3.05) is 5.32 Å². The molecule has 0 saturated carbocycles. The highest BCUT2D eigenvalue weighted by Crippen LogP contribution is 2.18. The van der Waals surface area contributed by atoms with Crippen LogP contribution in [0.1, 0.15) is 19.8 Å². The molecule has 1 heterocycles. The normalized spacial score (nSPS) is 12.1. The van der Waals surface area contributed by atoms with Gasteiger partial charge in [0, 0.05) is 18.2 Å². The van der Waals surface area contributed by atoms with E-state index in [0.717, 1.165) is 0 Å². The Hall–Kier alpha value is -2.44. The predicted molar refractivity (Wildman–Crippen MR) is 71.3 cm³/mol. The summed E-state index contributed by atoms with van der Waals surface area (Å²) in [5.41, 5.74) is 0.912. The topological polar surface area (TPSA) is 80.0 Å². The van der Waals surface area contributed by atoms with Crippen LogP contribution in [0.5, 0.6) is 0 Å². The molecule has 0 spiro atoms. The lowest BCUT2D eigenvalue weighted by atomic mass is 10.1. The zero-order valence-electron chi connectivity index (χ0n) is 11.0. The van der Waals surface area contributed by atoms with Crippen LogP contribution in [0.3, 0.4) is 0 Å². The Bertz CT molecular complexity index is 586. The number of rotatable bonds is 6. The minimum atomic E-state index is -0.841. The molecule has 0 amide bonds. The average molecular weight is 278 g/mol. The second kappa shape index (κ2) is 6.14. The standard InChI is InChI=1S/C13H15FN4O2/c1-9(2-5-13(19)20)17-10-3-4-12(11(14)6-10)18-8-15-7-16-18/h3-4,6-9,17H,2,5H2,1H3,(H,19,20). The van der Waals surface area contributed by atoms with Gasteiger partial charge in [-0.3, -0.25) is 4.79 Å². The largest absolute Gasteiger partial charge is 0.481 e. The van der Waals surface area contributed by atoms with Crippen LogP contribution in [-0.4, -0.2) is 31.9 Å². The lowest BCUT2D eigenvalue weighted by Crippen LogP contribution is -2.16. The molecule has 2 rings (SSSR count). The maximum Gasteiger partial charge on any atom is 0.303 e. The Morgan fingerprint density at radius 2 is 2.35 bits per heavy atom. The van der Waals surface area contributed by atoms with Crippen molar-refractivity contribution in [1.29, 1.82) is 0 Å². The zero-order valence-corrected chi connectivity index (χ0v) is 11.0. The van der Waals surface area contributed by atoms with Gasteiger partial charge in [0.2, 0.25) is 0 Å². The molecule has 6 nitrogen and oxygen atoms in total. The van der Waals surface area contributed by atoms with E-state index in [1.807, 2.05) is 6.92 Å². The summed E-state index contributed by atoms with van der Waals surface area (Å²) >= 11 is 0. The molecule has 7 heteroatoms. The van der Waals surface area contributed by atoms with Gasteiger partial charge in [-0.15, -0.1) is 0 Å². The third-order valence-electron chi connectivity index (χ3n) is 2.82. The molecule has 1 aromatic carbocycles. The first-order valence-electron chi connectivity index (χ1n) is 6.19. The van der Waals surface area contributed by atoms with Crippen LogP contribution in [-0.2, 0) is 4.79 Å². The van der Waals surface area contributed by atoms with Crippen LogP contribution in [0.2, 0.25) is 0 Å². The zero-order chi connectivity index (χ0) is 14.5. The van der Waals surface area contributed by atoms with E-state index in [2.05, 4.69) is 15.4 Å². The highest BCUT2D eigenvalue weighted by atomic mass is 19.1. The molecule has 106 valence electrons.